The molecule has 1 atom stereocenters. The predicted octanol–water partition coefficient (Wildman–Crippen LogP) is 4.97. The van der Waals surface area contributed by atoms with Gasteiger partial charge in [0.15, 0.2) is 5.16 Å². The second-order valence-corrected chi connectivity index (χ2v) is 10.4. The van der Waals surface area contributed by atoms with Crippen LogP contribution in [0, 0.1) is 13.8 Å². The normalized spacial score (nSPS) is 15.0. The predicted molar refractivity (Wildman–Crippen MR) is 122 cm³/mol. The molecule has 0 radical (unpaired) electrons. The van der Waals surface area contributed by atoms with Crippen LogP contribution in [0.4, 0.5) is 0 Å². The van der Waals surface area contributed by atoms with Crippen molar-refractivity contribution in [3.8, 4) is 0 Å². The number of thiophene rings is 1. The SMILES string of the molecule is Cc1sc2nc(C(C)Sc3nnc(C4CC4)n3Cc3ccccc3)[nH]c(=O)c2c1C. The van der Waals surface area contributed by atoms with E-state index in [0.717, 1.165) is 32.8 Å². The van der Waals surface area contributed by atoms with Crippen LogP contribution < -0.4 is 5.56 Å². The highest BCUT2D eigenvalue weighted by molar-refractivity contribution is 7.99. The molecule has 30 heavy (non-hydrogen) atoms. The van der Waals surface area contributed by atoms with E-state index < -0.39 is 0 Å². The van der Waals surface area contributed by atoms with Crippen LogP contribution >= 0.6 is 23.1 Å². The first-order valence-corrected chi connectivity index (χ1v) is 11.8. The zero-order valence-electron chi connectivity index (χ0n) is 17.2. The molecule has 0 amide bonds. The highest BCUT2D eigenvalue weighted by atomic mass is 32.2. The number of H-pyrrole nitrogens is 1. The van der Waals surface area contributed by atoms with E-state index in [4.69, 9.17) is 4.98 Å². The van der Waals surface area contributed by atoms with Crippen molar-refractivity contribution in [1.82, 2.24) is 24.7 Å². The molecule has 3 heterocycles. The molecule has 3 aromatic heterocycles. The zero-order valence-corrected chi connectivity index (χ0v) is 18.8. The maximum absolute atomic E-state index is 12.7. The largest absolute Gasteiger partial charge is 0.309 e. The molecule has 6 nitrogen and oxygen atoms in total. The van der Waals surface area contributed by atoms with Gasteiger partial charge in [0.25, 0.3) is 5.56 Å². The minimum Gasteiger partial charge on any atom is -0.309 e. The number of fused-ring (bicyclic) bond motifs is 1. The molecule has 1 N–H and O–H groups in total. The summed E-state index contributed by atoms with van der Waals surface area (Å²) in [6, 6.07) is 10.4. The number of aromatic amines is 1. The van der Waals surface area contributed by atoms with Crippen LogP contribution in [-0.2, 0) is 6.54 Å². The van der Waals surface area contributed by atoms with Crippen LogP contribution in [0.1, 0.15) is 58.6 Å². The fraction of sp³-hybridized carbons (Fsp3) is 0.364. The average Bonchev–Trinajstić information content (AvgIpc) is 3.44. The summed E-state index contributed by atoms with van der Waals surface area (Å²) in [5.74, 6) is 2.26. The fourth-order valence-electron chi connectivity index (χ4n) is 3.62. The monoisotopic (exact) mass is 437 g/mol. The van der Waals surface area contributed by atoms with Crippen molar-refractivity contribution >= 4 is 33.3 Å². The molecule has 1 unspecified atom stereocenters. The first-order valence-electron chi connectivity index (χ1n) is 10.1. The summed E-state index contributed by atoms with van der Waals surface area (Å²) in [7, 11) is 0. The van der Waals surface area contributed by atoms with Gasteiger partial charge in [-0.3, -0.25) is 4.79 Å². The van der Waals surface area contributed by atoms with Gasteiger partial charge in [0.1, 0.15) is 16.5 Å². The van der Waals surface area contributed by atoms with Gasteiger partial charge in [0, 0.05) is 10.8 Å². The number of aromatic nitrogens is 5. The molecule has 0 aliphatic heterocycles. The van der Waals surface area contributed by atoms with E-state index in [9.17, 15) is 4.79 Å². The Morgan fingerprint density at radius 1 is 1.23 bits per heavy atom. The molecule has 8 heteroatoms. The smallest absolute Gasteiger partial charge is 0.259 e. The summed E-state index contributed by atoms with van der Waals surface area (Å²) >= 11 is 3.18. The lowest BCUT2D eigenvalue weighted by molar-refractivity contribution is 0.666. The summed E-state index contributed by atoms with van der Waals surface area (Å²) in [5.41, 5.74) is 2.19. The number of hydrogen-bond acceptors (Lipinski definition) is 6. The number of nitrogens with one attached hydrogen (secondary N) is 1. The van der Waals surface area contributed by atoms with Crippen LogP contribution in [0.5, 0.6) is 0 Å². The van der Waals surface area contributed by atoms with Crippen LogP contribution in [0.15, 0.2) is 40.3 Å². The molecule has 0 spiro atoms. The molecule has 5 rings (SSSR count). The Labute approximate surface area is 182 Å². The van der Waals surface area contributed by atoms with Crippen molar-refractivity contribution in [2.45, 2.75) is 56.5 Å². The van der Waals surface area contributed by atoms with Crippen molar-refractivity contribution in [3.63, 3.8) is 0 Å². The molecule has 1 fully saturated rings. The fourth-order valence-corrected chi connectivity index (χ4v) is 5.57. The zero-order chi connectivity index (χ0) is 20.8. The van der Waals surface area contributed by atoms with Gasteiger partial charge in [0.05, 0.1) is 17.2 Å². The number of thioether (sulfide) groups is 1. The Morgan fingerprint density at radius 3 is 2.73 bits per heavy atom. The third kappa shape index (κ3) is 3.58. The third-order valence-electron chi connectivity index (χ3n) is 5.60. The van der Waals surface area contributed by atoms with Gasteiger partial charge in [0.2, 0.25) is 0 Å². The Bertz CT molecular complexity index is 1270. The van der Waals surface area contributed by atoms with Gasteiger partial charge >= 0.3 is 0 Å². The maximum atomic E-state index is 12.7. The highest BCUT2D eigenvalue weighted by Gasteiger charge is 2.31. The lowest BCUT2D eigenvalue weighted by Gasteiger charge is -2.13. The summed E-state index contributed by atoms with van der Waals surface area (Å²) in [6.45, 7) is 6.82. The third-order valence-corrected chi connectivity index (χ3v) is 7.79. The van der Waals surface area contributed by atoms with E-state index in [2.05, 4.69) is 50.9 Å². The number of rotatable bonds is 6. The minimum atomic E-state index is -0.0614. The number of benzene rings is 1. The first-order chi connectivity index (χ1) is 14.5. The standard InChI is InChI=1S/C22H23N5OS2/c1-12-13(2)29-21-17(12)20(28)23-18(24-21)14(3)30-22-26-25-19(16-9-10-16)27(22)11-15-7-5-4-6-8-15/h4-8,14,16H,9-11H2,1-3H3,(H,23,24,28). The molecular weight excluding hydrogens is 414 g/mol. The van der Waals surface area contributed by atoms with Crippen molar-refractivity contribution in [3.05, 3.63) is 68.3 Å². The van der Waals surface area contributed by atoms with Gasteiger partial charge in [-0.05, 0) is 44.7 Å². The molecule has 1 aliphatic rings. The topological polar surface area (TPSA) is 76.5 Å². The quantitative estimate of drug-likeness (QED) is 0.431. The second-order valence-electron chi connectivity index (χ2n) is 7.86. The lowest BCUT2D eigenvalue weighted by Crippen LogP contribution is -2.13. The van der Waals surface area contributed by atoms with E-state index >= 15 is 0 Å². The molecular formula is C22H23N5OS2. The van der Waals surface area contributed by atoms with Crippen LogP contribution in [-0.4, -0.2) is 24.7 Å². The highest BCUT2D eigenvalue weighted by Crippen LogP contribution is 2.42. The lowest BCUT2D eigenvalue weighted by atomic mass is 10.2. The van der Waals surface area contributed by atoms with Gasteiger partial charge in [-0.1, -0.05) is 42.1 Å². The molecule has 1 aromatic carbocycles. The second kappa shape index (κ2) is 7.67. The van der Waals surface area contributed by atoms with E-state index in [1.54, 1.807) is 23.1 Å². The van der Waals surface area contributed by atoms with Gasteiger partial charge in [-0.25, -0.2) is 4.98 Å². The Morgan fingerprint density at radius 2 is 2.00 bits per heavy atom. The van der Waals surface area contributed by atoms with Crippen LogP contribution in [0.2, 0.25) is 0 Å². The van der Waals surface area contributed by atoms with Crippen molar-refractivity contribution < 1.29 is 0 Å². The molecule has 154 valence electrons. The van der Waals surface area contributed by atoms with Crippen molar-refractivity contribution in [1.29, 1.82) is 0 Å². The maximum Gasteiger partial charge on any atom is 0.259 e. The van der Waals surface area contributed by atoms with Gasteiger partial charge in [-0.2, -0.15) is 0 Å². The van der Waals surface area contributed by atoms with Crippen LogP contribution in [0.3, 0.4) is 0 Å². The van der Waals surface area contributed by atoms with E-state index in [0.29, 0.717) is 17.1 Å². The molecule has 4 aromatic rings. The Hall–Kier alpha value is -2.45. The number of nitrogens with zero attached hydrogens (tertiary/aromatic N) is 4. The minimum absolute atomic E-state index is 0.0458. The van der Waals surface area contributed by atoms with Crippen LogP contribution in [0.25, 0.3) is 10.2 Å². The number of hydrogen-bond donors (Lipinski definition) is 1. The van der Waals surface area contributed by atoms with E-state index in [1.165, 1.54) is 18.4 Å². The molecule has 0 bridgehead atoms. The summed E-state index contributed by atoms with van der Waals surface area (Å²) in [4.78, 5) is 22.4. The summed E-state index contributed by atoms with van der Waals surface area (Å²) < 4.78 is 2.23. The number of aryl methyl sites for hydroxylation is 2. The summed E-state index contributed by atoms with van der Waals surface area (Å²) in [5, 5.41) is 10.5. The van der Waals surface area contributed by atoms with Crippen molar-refractivity contribution in [2.24, 2.45) is 0 Å². The molecule has 1 aliphatic carbocycles. The average molecular weight is 438 g/mol. The van der Waals surface area contributed by atoms with E-state index in [1.807, 2.05) is 19.9 Å². The van der Waals surface area contributed by atoms with Crippen molar-refractivity contribution in [2.75, 3.05) is 0 Å². The molecule has 0 saturated heterocycles. The van der Waals surface area contributed by atoms with Gasteiger partial charge in [-0.15, -0.1) is 21.5 Å². The first kappa shape index (κ1) is 19.5. The van der Waals surface area contributed by atoms with Gasteiger partial charge < -0.3 is 9.55 Å². The Balaban J connectivity index is 1.47. The Kier molecular flexibility index (Phi) is 4.99. The molecule has 1 saturated carbocycles. The van der Waals surface area contributed by atoms with E-state index in [-0.39, 0.29) is 10.8 Å². The summed E-state index contributed by atoms with van der Waals surface area (Å²) in [6.07, 6.45) is 2.35.